The van der Waals surface area contributed by atoms with Crippen LogP contribution in [0.3, 0.4) is 0 Å². The van der Waals surface area contributed by atoms with E-state index in [4.69, 9.17) is 15.6 Å². The van der Waals surface area contributed by atoms with Crippen LogP contribution in [0.1, 0.15) is 6.42 Å². The first-order valence-corrected chi connectivity index (χ1v) is 7.60. The maximum Gasteiger partial charge on any atom is 0.321 e. The van der Waals surface area contributed by atoms with Crippen LogP contribution in [0.2, 0.25) is 0 Å². The van der Waals surface area contributed by atoms with Crippen LogP contribution in [0.5, 0.6) is 5.75 Å². The molecule has 22 heavy (non-hydrogen) atoms. The number of carbonyl (C=O) groups is 3. The zero-order chi connectivity index (χ0) is 16.3. The number of methoxy groups -OCH3 is 1. The molecule has 0 spiro atoms. The van der Waals surface area contributed by atoms with Gasteiger partial charge in [-0.05, 0) is 12.1 Å². The molecule has 2 amide bonds. The quantitative estimate of drug-likeness (QED) is 0.732. The van der Waals surface area contributed by atoms with E-state index in [9.17, 15) is 14.4 Å². The number of benzene rings is 1. The Morgan fingerprint density at radius 3 is 2.82 bits per heavy atom. The second-order valence-corrected chi connectivity index (χ2v) is 5.95. The number of hydrogen-bond donors (Lipinski definition) is 2. The minimum absolute atomic E-state index is 0.0217. The normalized spacial score (nSPS) is 19.4. The third-order valence-corrected chi connectivity index (χ3v) is 4.55. The second-order valence-electron chi connectivity index (χ2n) is 4.71. The van der Waals surface area contributed by atoms with E-state index in [-0.39, 0.29) is 24.0 Å². The highest BCUT2D eigenvalue weighted by molar-refractivity contribution is 8.00. The number of nitrogens with two attached hydrogens (primary N) is 1. The van der Waals surface area contributed by atoms with E-state index in [1.165, 1.54) is 7.11 Å². The smallest absolute Gasteiger partial charge is 0.321 e. The molecule has 0 radical (unpaired) electrons. The summed E-state index contributed by atoms with van der Waals surface area (Å²) in [6.45, 7) is 0. The van der Waals surface area contributed by atoms with Crippen LogP contribution < -0.4 is 15.4 Å². The summed E-state index contributed by atoms with van der Waals surface area (Å²) in [6, 6.07) is 5.68. The van der Waals surface area contributed by atoms with Gasteiger partial charge in [0.1, 0.15) is 11.8 Å². The van der Waals surface area contributed by atoms with Crippen molar-refractivity contribution in [3.05, 3.63) is 24.3 Å². The van der Waals surface area contributed by atoms with Gasteiger partial charge in [-0.15, -0.1) is 11.8 Å². The molecule has 0 bridgehead atoms. The number of thioether (sulfide) groups is 1. The summed E-state index contributed by atoms with van der Waals surface area (Å²) >= 11 is 1.09. The van der Waals surface area contributed by atoms with Crippen molar-refractivity contribution in [2.24, 2.45) is 5.73 Å². The van der Waals surface area contributed by atoms with Gasteiger partial charge in [0.25, 0.3) is 0 Å². The lowest BCUT2D eigenvalue weighted by Crippen LogP contribution is -2.35. The molecule has 1 aromatic rings. The number of rotatable bonds is 6. The molecule has 0 unspecified atom stereocenters. The number of aliphatic carboxylic acids is 1. The van der Waals surface area contributed by atoms with Gasteiger partial charge in [-0.3, -0.25) is 14.4 Å². The zero-order valence-corrected chi connectivity index (χ0v) is 12.7. The summed E-state index contributed by atoms with van der Waals surface area (Å²) in [4.78, 5) is 36.3. The molecule has 8 heteroatoms. The standard InChI is InChI=1S/C14H16N2O5S/c1-21-10-5-3-2-4-9(10)16-12(17)6-11(13(16)18)22-7-8(15)14(19)20/h2-5,8,11H,6-7,15H2,1H3,(H,19,20)/t8-,11+/m1/s1. The van der Waals surface area contributed by atoms with Crippen LogP contribution >= 0.6 is 11.8 Å². The Kier molecular flexibility index (Phi) is 5.04. The Morgan fingerprint density at radius 2 is 2.18 bits per heavy atom. The number of ether oxygens (including phenoxy) is 1. The van der Waals surface area contributed by atoms with Crippen molar-refractivity contribution >= 4 is 35.2 Å². The lowest BCUT2D eigenvalue weighted by atomic mass is 10.2. The number of carboxylic acid groups (broad SMARTS) is 1. The van der Waals surface area contributed by atoms with Gasteiger partial charge in [0.05, 0.1) is 18.0 Å². The summed E-state index contributed by atoms with van der Waals surface area (Å²) in [5.41, 5.74) is 5.81. The average Bonchev–Trinajstić information content (AvgIpc) is 2.78. The average molecular weight is 324 g/mol. The minimum atomic E-state index is -1.13. The molecule has 2 atom stereocenters. The third kappa shape index (κ3) is 3.23. The number of carbonyl (C=O) groups excluding carboxylic acids is 2. The number of hydrogen-bond acceptors (Lipinski definition) is 6. The minimum Gasteiger partial charge on any atom is -0.495 e. The topological polar surface area (TPSA) is 110 Å². The van der Waals surface area contributed by atoms with Crippen LogP contribution in [0.15, 0.2) is 24.3 Å². The maximum atomic E-state index is 12.4. The molecule has 3 N–H and O–H groups in total. The van der Waals surface area contributed by atoms with Crippen molar-refractivity contribution in [2.75, 3.05) is 17.8 Å². The fourth-order valence-corrected chi connectivity index (χ4v) is 3.18. The highest BCUT2D eigenvalue weighted by Gasteiger charge is 2.41. The number of nitrogens with zero attached hydrogens (tertiary/aromatic N) is 1. The molecule has 0 saturated carbocycles. The molecule has 1 aromatic carbocycles. The van der Waals surface area contributed by atoms with Crippen molar-refractivity contribution in [1.82, 2.24) is 0 Å². The number of para-hydroxylation sites is 2. The van der Waals surface area contributed by atoms with E-state index in [0.717, 1.165) is 16.7 Å². The predicted molar refractivity (Wildman–Crippen MR) is 82.0 cm³/mol. The maximum absolute atomic E-state index is 12.4. The number of imide groups is 1. The summed E-state index contributed by atoms with van der Waals surface area (Å²) in [5, 5.41) is 8.13. The first-order chi connectivity index (χ1) is 10.5. The fourth-order valence-electron chi connectivity index (χ4n) is 2.09. The molecule has 1 heterocycles. The Hall–Kier alpha value is -2.06. The van der Waals surface area contributed by atoms with Gasteiger partial charge in [-0.2, -0.15) is 0 Å². The monoisotopic (exact) mass is 324 g/mol. The first-order valence-electron chi connectivity index (χ1n) is 6.55. The van der Waals surface area contributed by atoms with E-state index in [2.05, 4.69) is 0 Å². The van der Waals surface area contributed by atoms with E-state index >= 15 is 0 Å². The Morgan fingerprint density at radius 1 is 1.50 bits per heavy atom. The molecule has 1 saturated heterocycles. The summed E-state index contributed by atoms with van der Waals surface area (Å²) in [6.07, 6.45) is 0.0217. The molecular formula is C14H16N2O5S. The molecule has 0 aromatic heterocycles. The van der Waals surface area contributed by atoms with E-state index in [0.29, 0.717) is 11.4 Å². The van der Waals surface area contributed by atoms with E-state index in [1.54, 1.807) is 24.3 Å². The van der Waals surface area contributed by atoms with Gasteiger partial charge in [-0.1, -0.05) is 12.1 Å². The zero-order valence-electron chi connectivity index (χ0n) is 11.9. The first kappa shape index (κ1) is 16.3. The Bertz CT molecular complexity index is 607. The van der Waals surface area contributed by atoms with E-state index < -0.39 is 17.3 Å². The van der Waals surface area contributed by atoms with E-state index in [1.807, 2.05) is 0 Å². The second kappa shape index (κ2) is 6.80. The summed E-state index contributed by atoms with van der Waals surface area (Å²) < 4.78 is 5.17. The molecule has 1 aliphatic heterocycles. The van der Waals surface area contributed by atoms with Crippen LogP contribution in [0.4, 0.5) is 5.69 Å². The van der Waals surface area contributed by atoms with Crippen molar-refractivity contribution in [1.29, 1.82) is 0 Å². The Balaban J connectivity index is 2.14. The summed E-state index contributed by atoms with van der Waals surface area (Å²) in [5.74, 6) is -1.35. The van der Waals surface area contributed by atoms with Crippen molar-refractivity contribution in [2.45, 2.75) is 17.7 Å². The van der Waals surface area contributed by atoms with Gasteiger partial charge in [0.2, 0.25) is 11.8 Å². The molecule has 118 valence electrons. The van der Waals surface area contributed by atoms with Crippen molar-refractivity contribution in [3.8, 4) is 5.75 Å². The lowest BCUT2D eigenvalue weighted by molar-refractivity contribution is -0.138. The highest BCUT2D eigenvalue weighted by atomic mass is 32.2. The van der Waals surface area contributed by atoms with Gasteiger partial charge >= 0.3 is 5.97 Å². The number of anilines is 1. The van der Waals surface area contributed by atoms with Crippen LogP contribution in [-0.2, 0) is 14.4 Å². The van der Waals surface area contributed by atoms with Gasteiger partial charge in [-0.25, -0.2) is 4.90 Å². The van der Waals surface area contributed by atoms with Crippen LogP contribution in [0.25, 0.3) is 0 Å². The SMILES string of the molecule is COc1ccccc1N1C(=O)C[C@H](SC[C@@H](N)C(=O)O)C1=O. The molecule has 0 aliphatic carbocycles. The molecule has 2 rings (SSSR count). The van der Waals surface area contributed by atoms with Crippen molar-refractivity contribution < 1.29 is 24.2 Å². The van der Waals surface area contributed by atoms with Gasteiger partial charge in [0.15, 0.2) is 0 Å². The largest absolute Gasteiger partial charge is 0.495 e. The van der Waals surface area contributed by atoms with Crippen LogP contribution in [-0.4, -0.2) is 47.0 Å². The Labute approximate surface area is 131 Å². The van der Waals surface area contributed by atoms with Gasteiger partial charge < -0.3 is 15.6 Å². The highest BCUT2D eigenvalue weighted by Crippen LogP contribution is 2.35. The third-order valence-electron chi connectivity index (χ3n) is 3.23. The molecule has 1 aliphatic rings. The van der Waals surface area contributed by atoms with Crippen LogP contribution in [0, 0.1) is 0 Å². The lowest BCUT2D eigenvalue weighted by Gasteiger charge is -2.18. The van der Waals surface area contributed by atoms with Gasteiger partial charge in [0, 0.05) is 12.2 Å². The fraction of sp³-hybridized carbons (Fsp3) is 0.357. The molecule has 1 fully saturated rings. The number of amides is 2. The molecular weight excluding hydrogens is 308 g/mol. The van der Waals surface area contributed by atoms with Crippen molar-refractivity contribution in [3.63, 3.8) is 0 Å². The number of carboxylic acids is 1. The summed E-state index contributed by atoms with van der Waals surface area (Å²) in [7, 11) is 1.46. The predicted octanol–water partition coefficient (Wildman–Crippen LogP) is 0.472. The molecule has 7 nitrogen and oxygen atoms in total.